The number of hydrogen-bond acceptors (Lipinski definition) is 4. The van der Waals surface area contributed by atoms with E-state index < -0.39 is 0 Å². The van der Waals surface area contributed by atoms with Crippen LogP contribution in [0, 0.1) is 13.8 Å². The summed E-state index contributed by atoms with van der Waals surface area (Å²) in [5, 5.41) is 23.4. The second-order valence-corrected chi connectivity index (χ2v) is 4.55. The van der Waals surface area contributed by atoms with Crippen molar-refractivity contribution in [3.05, 3.63) is 73.5 Å². The van der Waals surface area contributed by atoms with Gasteiger partial charge in [0.15, 0.2) is 0 Å². The van der Waals surface area contributed by atoms with Gasteiger partial charge in [-0.1, -0.05) is 24.3 Å². The van der Waals surface area contributed by atoms with E-state index in [9.17, 15) is 19.8 Å². The predicted octanol–water partition coefficient (Wildman–Crippen LogP) is 1.91. The number of rotatable bonds is 4. The van der Waals surface area contributed by atoms with Crippen LogP contribution in [0.5, 0.6) is 11.5 Å². The molecule has 0 aliphatic rings. The van der Waals surface area contributed by atoms with Crippen LogP contribution in [-0.2, 0) is 16.8 Å². The molecule has 2 aromatic carbocycles. The van der Waals surface area contributed by atoms with Gasteiger partial charge in [0.1, 0.15) is 11.5 Å². The molecule has 0 aliphatic carbocycles. The summed E-state index contributed by atoms with van der Waals surface area (Å²) in [5.74, 6) is -0.627. The fourth-order valence-electron chi connectivity index (χ4n) is 1.75. The third-order valence-corrected chi connectivity index (χ3v) is 2.87. The van der Waals surface area contributed by atoms with Crippen molar-refractivity contribution in [1.29, 1.82) is 0 Å². The summed E-state index contributed by atoms with van der Waals surface area (Å²) >= 11 is 0. The maximum Gasteiger partial charge on any atom is 2.00 e. The van der Waals surface area contributed by atoms with Crippen LogP contribution in [0.2, 0.25) is 0 Å². The summed E-state index contributed by atoms with van der Waals surface area (Å²) in [7, 11) is 0. The molecule has 1 radical (unpaired) electrons. The normalized spacial score (nSPS) is 9.04. The quantitative estimate of drug-likeness (QED) is 0.603. The topological polar surface area (TPSA) is 98.7 Å². The van der Waals surface area contributed by atoms with Crippen LogP contribution in [0.15, 0.2) is 48.5 Å². The Kier molecular flexibility index (Phi) is 10.7. The van der Waals surface area contributed by atoms with E-state index in [2.05, 4.69) is 24.5 Å². The smallest absolute Gasteiger partial charge is 0.507 e. The monoisotopic (exact) mass is 387 g/mol. The van der Waals surface area contributed by atoms with Crippen molar-refractivity contribution in [1.82, 2.24) is 10.6 Å². The van der Waals surface area contributed by atoms with Crippen molar-refractivity contribution in [3.63, 3.8) is 0 Å². The number of carbonyl (C=O) groups is 2. The molecular formula is C18H20CoN2O4. The number of aromatic hydroxyl groups is 2. The largest absolute Gasteiger partial charge is 2.00 e. The Morgan fingerprint density at radius 1 is 0.760 bits per heavy atom. The summed E-state index contributed by atoms with van der Waals surface area (Å²) in [4.78, 5) is 22.3. The van der Waals surface area contributed by atoms with Gasteiger partial charge in [0.25, 0.3) is 11.8 Å². The first-order chi connectivity index (χ1) is 11.5. The Hall–Kier alpha value is -2.51. The maximum atomic E-state index is 11.2. The average Bonchev–Trinajstić information content (AvgIpc) is 2.56. The van der Waals surface area contributed by atoms with Gasteiger partial charge in [0.05, 0.1) is 11.1 Å². The minimum absolute atomic E-state index is 0. The minimum atomic E-state index is -0.303. The molecule has 0 saturated carbocycles. The molecule has 4 N–H and O–H groups in total. The molecule has 0 aromatic heterocycles. The van der Waals surface area contributed by atoms with Crippen LogP contribution >= 0.6 is 0 Å². The zero-order valence-corrected chi connectivity index (χ0v) is 14.5. The van der Waals surface area contributed by atoms with E-state index in [1.165, 1.54) is 12.1 Å². The SMILES string of the molecule is [CH2-]CNC(=O)c1ccccc1O.[CH2-]CNC(=O)c1ccccc1O.[Co+2]. The molecule has 7 heteroatoms. The molecule has 6 nitrogen and oxygen atoms in total. The van der Waals surface area contributed by atoms with Crippen LogP contribution in [-0.4, -0.2) is 35.1 Å². The van der Waals surface area contributed by atoms with E-state index in [0.717, 1.165) is 0 Å². The number of phenolic OH excluding ortho intramolecular Hbond substituents is 2. The number of hydrogen-bond donors (Lipinski definition) is 4. The number of carbonyl (C=O) groups excluding carboxylic acids is 2. The van der Waals surface area contributed by atoms with Crippen LogP contribution in [0.3, 0.4) is 0 Å². The first-order valence-electron chi connectivity index (χ1n) is 7.22. The van der Waals surface area contributed by atoms with Crippen molar-refractivity contribution in [2.75, 3.05) is 13.1 Å². The van der Waals surface area contributed by atoms with E-state index in [4.69, 9.17) is 0 Å². The Labute approximate surface area is 157 Å². The van der Waals surface area contributed by atoms with Gasteiger partial charge in [0, 0.05) is 0 Å². The Morgan fingerprint density at radius 3 is 1.36 bits per heavy atom. The summed E-state index contributed by atoms with van der Waals surface area (Å²) in [5.41, 5.74) is 0.558. The van der Waals surface area contributed by atoms with Gasteiger partial charge in [-0.25, -0.2) is 0 Å². The van der Waals surface area contributed by atoms with Gasteiger partial charge >= 0.3 is 16.8 Å². The fourth-order valence-corrected chi connectivity index (χ4v) is 1.75. The Bertz CT molecular complexity index is 633. The van der Waals surface area contributed by atoms with Crippen molar-refractivity contribution in [2.45, 2.75) is 0 Å². The van der Waals surface area contributed by atoms with Crippen molar-refractivity contribution < 1.29 is 36.6 Å². The summed E-state index contributed by atoms with van der Waals surface area (Å²) in [6.45, 7) is 7.56. The van der Waals surface area contributed by atoms with Crippen LogP contribution in [0.4, 0.5) is 0 Å². The maximum absolute atomic E-state index is 11.2. The van der Waals surface area contributed by atoms with Crippen molar-refractivity contribution in [2.24, 2.45) is 0 Å². The summed E-state index contributed by atoms with van der Waals surface area (Å²) < 4.78 is 0. The molecule has 0 fully saturated rings. The van der Waals surface area contributed by atoms with Gasteiger partial charge < -0.3 is 34.7 Å². The molecule has 0 heterocycles. The van der Waals surface area contributed by atoms with E-state index >= 15 is 0 Å². The molecule has 135 valence electrons. The fraction of sp³-hybridized carbons (Fsp3) is 0.111. The average molecular weight is 387 g/mol. The number of phenols is 2. The predicted molar refractivity (Wildman–Crippen MR) is 91.6 cm³/mol. The Morgan fingerprint density at radius 2 is 1.08 bits per heavy atom. The van der Waals surface area contributed by atoms with E-state index in [1.807, 2.05) is 0 Å². The first kappa shape index (κ1) is 22.5. The molecule has 25 heavy (non-hydrogen) atoms. The molecule has 0 atom stereocenters. The molecule has 0 aliphatic heterocycles. The van der Waals surface area contributed by atoms with Gasteiger partial charge in [-0.2, -0.15) is 0 Å². The molecule has 0 bridgehead atoms. The minimum Gasteiger partial charge on any atom is -0.507 e. The van der Waals surface area contributed by atoms with E-state index in [0.29, 0.717) is 13.1 Å². The third kappa shape index (κ3) is 7.28. The van der Waals surface area contributed by atoms with Gasteiger partial charge in [-0.15, -0.1) is 13.1 Å². The molecule has 0 spiro atoms. The van der Waals surface area contributed by atoms with Gasteiger partial charge in [-0.05, 0) is 24.3 Å². The van der Waals surface area contributed by atoms with Crippen molar-refractivity contribution >= 4 is 11.8 Å². The van der Waals surface area contributed by atoms with Gasteiger partial charge in [0.2, 0.25) is 0 Å². The zero-order chi connectivity index (χ0) is 17.9. The second-order valence-electron chi connectivity index (χ2n) is 4.55. The number of nitrogens with one attached hydrogen (secondary N) is 2. The van der Waals surface area contributed by atoms with Crippen LogP contribution in [0.1, 0.15) is 20.7 Å². The third-order valence-electron chi connectivity index (χ3n) is 2.87. The first-order valence-corrected chi connectivity index (χ1v) is 7.22. The standard InChI is InChI=1S/2C9H10NO2.Co/c2*1-2-10-9(12)7-5-3-4-6-8(7)11;/h2*3-6,11H,1-2H2,(H,10,12);/q2*-1;+2. The van der Waals surface area contributed by atoms with Crippen molar-refractivity contribution in [3.8, 4) is 11.5 Å². The molecule has 2 amide bonds. The van der Waals surface area contributed by atoms with E-state index in [-0.39, 0.29) is 51.2 Å². The van der Waals surface area contributed by atoms with E-state index in [1.54, 1.807) is 36.4 Å². The van der Waals surface area contributed by atoms with Crippen LogP contribution in [0.25, 0.3) is 0 Å². The molecular weight excluding hydrogens is 367 g/mol. The van der Waals surface area contributed by atoms with Gasteiger partial charge in [-0.3, -0.25) is 9.59 Å². The number of amides is 2. The number of benzene rings is 2. The summed E-state index contributed by atoms with van der Waals surface area (Å²) in [6.07, 6.45) is 0. The molecule has 2 rings (SSSR count). The molecule has 0 saturated heterocycles. The van der Waals surface area contributed by atoms with Crippen LogP contribution < -0.4 is 10.6 Å². The Balaban J connectivity index is 0.000000443. The second kappa shape index (κ2) is 11.9. The summed E-state index contributed by atoms with van der Waals surface area (Å²) in [6, 6.07) is 12.8. The number of para-hydroxylation sites is 2. The molecule has 0 unspecified atom stereocenters. The zero-order valence-electron chi connectivity index (χ0n) is 13.5. The molecule has 2 aromatic rings.